The number of hydrogen-bond donors (Lipinski definition) is 2. The molecule has 2 N–H and O–H groups in total. The van der Waals surface area contributed by atoms with Gasteiger partial charge in [0.2, 0.25) is 0 Å². The monoisotopic (exact) mass is 349 g/mol. The molecular formula is C14H16BrN5O. The fourth-order valence-electron chi connectivity index (χ4n) is 4.74. The molecule has 7 heteroatoms. The Morgan fingerprint density at radius 1 is 1.43 bits per heavy atom. The number of nitrogens with zero attached hydrogens (tertiary/aromatic N) is 3. The Kier molecular flexibility index (Phi) is 2.21. The lowest BCUT2D eigenvalue weighted by Gasteiger charge is -2.34. The van der Waals surface area contributed by atoms with Gasteiger partial charge in [0.15, 0.2) is 4.73 Å². The Morgan fingerprint density at radius 2 is 2.29 bits per heavy atom. The molecule has 0 bridgehead atoms. The Labute approximate surface area is 129 Å². The van der Waals surface area contributed by atoms with Crippen LogP contribution >= 0.6 is 15.9 Å². The molecule has 0 radical (unpaired) electrons. The standard InChI is InChI=1S/C14H16BrN5O/c1-6-5-14(2-3-16-8-4-7(8)14)9-10(6)17-13-18-12(15)19-20(13)11(9)21/h6-8,16H,2-5H2,1H3,(H,17,18,19). The van der Waals surface area contributed by atoms with Gasteiger partial charge >= 0.3 is 0 Å². The largest absolute Gasteiger partial charge is 0.314 e. The summed E-state index contributed by atoms with van der Waals surface area (Å²) in [6.45, 7) is 3.19. The second-order valence-electron chi connectivity index (χ2n) is 6.74. The molecule has 2 fully saturated rings. The van der Waals surface area contributed by atoms with Crippen LogP contribution in [0.5, 0.6) is 0 Å². The van der Waals surface area contributed by atoms with Crippen LogP contribution in [0.25, 0.3) is 5.78 Å². The van der Waals surface area contributed by atoms with Crippen LogP contribution in [0.15, 0.2) is 9.53 Å². The Hall–Kier alpha value is -1.21. The number of H-pyrrole nitrogens is 1. The smallest absolute Gasteiger partial charge is 0.278 e. The van der Waals surface area contributed by atoms with Crippen LogP contribution < -0.4 is 10.9 Å². The minimum atomic E-state index is 0.0352. The van der Waals surface area contributed by atoms with E-state index < -0.39 is 0 Å². The van der Waals surface area contributed by atoms with E-state index in [0.717, 1.165) is 30.6 Å². The highest BCUT2D eigenvalue weighted by Gasteiger charge is 2.60. The molecule has 1 saturated heterocycles. The summed E-state index contributed by atoms with van der Waals surface area (Å²) in [6.07, 6.45) is 3.30. The van der Waals surface area contributed by atoms with Crippen LogP contribution in [0.3, 0.4) is 0 Å². The molecule has 2 aromatic rings. The van der Waals surface area contributed by atoms with Crippen molar-refractivity contribution in [2.45, 2.75) is 43.6 Å². The number of nitrogens with one attached hydrogen (secondary N) is 2. The Bertz CT molecular complexity index is 827. The summed E-state index contributed by atoms with van der Waals surface area (Å²) in [4.78, 5) is 22.0. The third-order valence-corrected chi connectivity index (χ3v) is 5.96. The van der Waals surface area contributed by atoms with E-state index in [1.165, 1.54) is 10.9 Å². The summed E-state index contributed by atoms with van der Waals surface area (Å²) >= 11 is 3.29. The van der Waals surface area contributed by atoms with Gasteiger partial charge in [0.05, 0.1) is 5.69 Å². The first-order chi connectivity index (χ1) is 10.1. The van der Waals surface area contributed by atoms with Crippen LogP contribution in [0, 0.1) is 5.92 Å². The minimum absolute atomic E-state index is 0.0352. The van der Waals surface area contributed by atoms with Gasteiger partial charge in [0.1, 0.15) is 0 Å². The third kappa shape index (κ3) is 1.43. The number of aromatic nitrogens is 4. The van der Waals surface area contributed by atoms with Crippen molar-refractivity contribution in [2.75, 3.05) is 6.54 Å². The highest BCUT2D eigenvalue weighted by molar-refractivity contribution is 9.10. The summed E-state index contributed by atoms with van der Waals surface area (Å²) in [5.74, 6) is 1.41. The third-order valence-electron chi connectivity index (χ3n) is 5.61. The number of halogens is 1. The highest BCUT2D eigenvalue weighted by Crippen LogP contribution is 2.59. The second-order valence-corrected chi connectivity index (χ2v) is 7.49. The van der Waals surface area contributed by atoms with E-state index in [1.807, 2.05) is 0 Å². The molecule has 0 amide bonds. The van der Waals surface area contributed by atoms with Crippen LogP contribution in [0.2, 0.25) is 0 Å². The summed E-state index contributed by atoms with van der Waals surface area (Å²) in [5, 5.41) is 6.51. The van der Waals surface area contributed by atoms with Gasteiger partial charge in [-0.05, 0) is 53.6 Å². The van der Waals surface area contributed by atoms with Crippen LogP contribution in [-0.2, 0) is 5.41 Å². The molecule has 1 aliphatic heterocycles. The molecule has 2 aromatic heterocycles. The average Bonchev–Trinajstić information content (AvgIpc) is 3.07. The Morgan fingerprint density at radius 3 is 3.14 bits per heavy atom. The minimum Gasteiger partial charge on any atom is -0.314 e. The van der Waals surface area contributed by atoms with Crippen LogP contribution in [0.1, 0.15) is 43.4 Å². The van der Waals surface area contributed by atoms with Gasteiger partial charge in [-0.3, -0.25) is 9.89 Å². The van der Waals surface area contributed by atoms with Gasteiger partial charge in [0, 0.05) is 17.0 Å². The van der Waals surface area contributed by atoms with Crippen LogP contribution in [-0.4, -0.2) is 32.2 Å². The fraction of sp³-hybridized carbons (Fsp3) is 0.643. The molecule has 2 aliphatic carbocycles. The van der Waals surface area contributed by atoms with Crippen molar-refractivity contribution < 1.29 is 0 Å². The number of rotatable bonds is 0. The molecule has 4 atom stereocenters. The fourth-order valence-corrected chi connectivity index (χ4v) is 5.07. The summed E-state index contributed by atoms with van der Waals surface area (Å²) < 4.78 is 2.04. The lowest BCUT2D eigenvalue weighted by molar-refractivity contribution is 0.274. The number of piperidine rings is 1. The molecule has 6 nitrogen and oxygen atoms in total. The predicted molar refractivity (Wildman–Crippen MR) is 80.5 cm³/mol. The van der Waals surface area contributed by atoms with E-state index in [-0.39, 0.29) is 11.0 Å². The van der Waals surface area contributed by atoms with E-state index in [2.05, 4.69) is 38.3 Å². The Balaban J connectivity index is 1.83. The zero-order valence-electron chi connectivity index (χ0n) is 11.7. The highest BCUT2D eigenvalue weighted by atomic mass is 79.9. The molecule has 1 spiro atoms. The molecule has 3 aliphatic rings. The van der Waals surface area contributed by atoms with Gasteiger partial charge in [-0.2, -0.15) is 9.50 Å². The van der Waals surface area contributed by atoms with Gasteiger partial charge < -0.3 is 5.32 Å². The van der Waals surface area contributed by atoms with Crippen molar-refractivity contribution in [3.8, 4) is 0 Å². The number of aromatic amines is 1. The number of hydrogen-bond acceptors (Lipinski definition) is 4. The van der Waals surface area contributed by atoms with E-state index >= 15 is 0 Å². The maximum absolute atomic E-state index is 13.0. The van der Waals surface area contributed by atoms with E-state index in [9.17, 15) is 4.79 Å². The van der Waals surface area contributed by atoms with E-state index in [1.54, 1.807) is 0 Å². The van der Waals surface area contributed by atoms with Crippen molar-refractivity contribution in [1.82, 2.24) is 24.9 Å². The van der Waals surface area contributed by atoms with Gasteiger partial charge in [-0.1, -0.05) is 6.92 Å². The lowest BCUT2D eigenvalue weighted by Crippen LogP contribution is -2.43. The van der Waals surface area contributed by atoms with Gasteiger partial charge in [0.25, 0.3) is 11.3 Å². The molecular weight excluding hydrogens is 334 g/mol. The zero-order valence-corrected chi connectivity index (χ0v) is 13.3. The first-order valence-corrected chi connectivity index (χ1v) is 8.31. The summed E-state index contributed by atoms with van der Waals surface area (Å²) in [7, 11) is 0. The lowest BCUT2D eigenvalue weighted by atomic mass is 9.73. The molecule has 3 heterocycles. The quantitative estimate of drug-likeness (QED) is 0.751. The number of fused-ring (bicyclic) bond motifs is 5. The average molecular weight is 350 g/mol. The van der Waals surface area contributed by atoms with Crippen molar-refractivity contribution >= 4 is 21.7 Å². The van der Waals surface area contributed by atoms with Crippen molar-refractivity contribution in [3.63, 3.8) is 0 Å². The molecule has 1 saturated carbocycles. The van der Waals surface area contributed by atoms with Gasteiger partial charge in [-0.25, -0.2) is 4.98 Å². The predicted octanol–water partition coefficient (Wildman–Crippen LogP) is 1.31. The zero-order chi connectivity index (χ0) is 14.4. The SMILES string of the molecule is CC1CC2(CCNC3CC32)c2c1nc1nc(Br)[nH]n1c2=O. The van der Waals surface area contributed by atoms with E-state index in [0.29, 0.717) is 28.4 Å². The van der Waals surface area contributed by atoms with Crippen LogP contribution in [0.4, 0.5) is 0 Å². The van der Waals surface area contributed by atoms with Crippen molar-refractivity contribution in [1.29, 1.82) is 0 Å². The molecule has 0 aromatic carbocycles. The summed E-state index contributed by atoms with van der Waals surface area (Å²) in [6, 6.07) is 0.602. The van der Waals surface area contributed by atoms with Gasteiger partial charge in [-0.15, -0.1) is 0 Å². The topological polar surface area (TPSA) is 75.1 Å². The molecule has 110 valence electrons. The summed E-state index contributed by atoms with van der Waals surface area (Å²) in [5.41, 5.74) is 2.02. The maximum Gasteiger partial charge on any atom is 0.278 e. The first kappa shape index (κ1) is 12.3. The van der Waals surface area contributed by atoms with Crippen molar-refractivity contribution in [2.24, 2.45) is 5.92 Å². The normalized spacial score (nSPS) is 37.0. The second kappa shape index (κ2) is 3.76. The van der Waals surface area contributed by atoms with Crippen molar-refractivity contribution in [3.05, 3.63) is 26.3 Å². The maximum atomic E-state index is 13.0. The molecule has 21 heavy (non-hydrogen) atoms. The molecule has 4 unspecified atom stereocenters. The first-order valence-electron chi connectivity index (χ1n) is 7.52. The van der Waals surface area contributed by atoms with E-state index in [4.69, 9.17) is 4.98 Å². The molecule has 5 rings (SSSR count).